The van der Waals surface area contributed by atoms with Gasteiger partial charge in [0, 0.05) is 24.8 Å². The number of sulfonamides is 1. The second-order valence-electron chi connectivity index (χ2n) is 5.29. The lowest BCUT2D eigenvalue weighted by molar-refractivity contribution is 0.196. The molecule has 0 spiro atoms. The SMILES string of the molecule is CN(C)C1CCN(S(=O)(=O)c2cc(N)ccc2Cl)CC1. The fraction of sp³-hybridized carbons (Fsp3) is 0.538. The van der Waals surface area contributed by atoms with Crippen LogP contribution in [0.15, 0.2) is 23.1 Å². The quantitative estimate of drug-likeness (QED) is 0.861. The molecule has 5 nitrogen and oxygen atoms in total. The molecule has 2 rings (SSSR count). The second-order valence-corrected chi connectivity index (χ2v) is 7.60. The third-order valence-corrected chi connectivity index (χ3v) is 6.11. The first kappa shape index (κ1) is 15.6. The number of rotatable bonds is 3. The Labute approximate surface area is 125 Å². The van der Waals surface area contributed by atoms with Gasteiger partial charge in [0.15, 0.2) is 0 Å². The van der Waals surface area contributed by atoms with E-state index >= 15 is 0 Å². The number of anilines is 1. The Morgan fingerprint density at radius 3 is 2.45 bits per heavy atom. The topological polar surface area (TPSA) is 66.6 Å². The van der Waals surface area contributed by atoms with Crippen LogP contribution in [-0.2, 0) is 10.0 Å². The zero-order valence-electron chi connectivity index (χ0n) is 11.7. The highest BCUT2D eigenvalue weighted by Gasteiger charge is 2.31. The van der Waals surface area contributed by atoms with Crippen LogP contribution in [-0.4, -0.2) is 50.8 Å². The molecule has 1 heterocycles. The van der Waals surface area contributed by atoms with Crippen LogP contribution in [0.3, 0.4) is 0 Å². The Bertz CT molecular complexity index is 581. The van der Waals surface area contributed by atoms with Crippen molar-refractivity contribution in [1.82, 2.24) is 9.21 Å². The summed E-state index contributed by atoms with van der Waals surface area (Å²) in [5.74, 6) is 0. The molecular formula is C13H20ClN3O2S. The number of nitrogens with two attached hydrogens (primary N) is 1. The predicted molar refractivity (Wildman–Crippen MR) is 81.3 cm³/mol. The molecule has 1 aromatic carbocycles. The first-order valence-electron chi connectivity index (χ1n) is 6.54. The summed E-state index contributed by atoms with van der Waals surface area (Å²) in [7, 11) is 0.473. The van der Waals surface area contributed by atoms with Crippen LogP contribution in [0.4, 0.5) is 5.69 Å². The van der Waals surface area contributed by atoms with E-state index in [-0.39, 0.29) is 9.92 Å². The molecule has 2 N–H and O–H groups in total. The minimum atomic E-state index is -3.56. The zero-order chi connectivity index (χ0) is 14.9. The van der Waals surface area contributed by atoms with Crippen molar-refractivity contribution in [2.24, 2.45) is 0 Å². The van der Waals surface area contributed by atoms with E-state index in [0.29, 0.717) is 24.8 Å². The van der Waals surface area contributed by atoms with E-state index in [9.17, 15) is 8.42 Å². The van der Waals surface area contributed by atoms with E-state index in [0.717, 1.165) is 12.8 Å². The Morgan fingerprint density at radius 2 is 1.90 bits per heavy atom. The Morgan fingerprint density at radius 1 is 1.30 bits per heavy atom. The second kappa shape index (κ2) is 5.89. The fourth-order valence-corrected chi connectivity index (χ4v) is 4.43. The van der Waals surface area contributed by atoms with Gasteiger partial charge in [-0.3, -0.25) is 0 Å². The molecule has 1 aromatic rings. The van der Waals surface area contributed by atoms with Crippen molar-refractivity contribution in [3.63, 3.8) is 0 Å². The summed E-state index contributed by atoms with van der Waals surface area (Å²) in [6.07, 6.45) is 1.65. The molecule has 0 bridgehead atoms. The van der Waals surface area contributed by atoms with Gasteiger partial charge in [-0.1, -0.05) is 11.6 Å². The lowest BCUT2D eigenvalue weighted by atomic mass is 10.1. The van der Waals surface area contributed by atoms with Crippen LogP contribution >= 0.6 is 11.6 Å². The van der Waals surface area contributed by atoms with E-state index in [2.05, 4.69) is 4.90 Å². The molecule has 0 unspecified atom stereocenters. The number of halogens is 1. The number of nitrogen functional groups attached to an aromatic ring is 1. The summed E-state index contributed by atoms with van der Waals surface area (Å²) >= 11 is 6.01. The highest BCUT2D eigenvalue weighted by Crippen LogP contribution is 2.28. The van der Waals surface area contributed by atoms with Gasteiger partial charge in [-0.05, 0) is 45.1 Å². The fourth-order valence-electron chi connectivity index (χ4n) is 2.46. The van der Waals surface area contributed by atoms with Crippen molar-refractivity contribution >= 4 is 27.3 Å². The maximum Gasteiger partial charge on any atom is 0.244 e. The van der Waals surface area contributed by atoms with E-state index < -0.39 is 10.0 Å². The average molecular weight is 318 g/mol. The van der Waals surface area contributed by atoms with Crippen LogP contribution in [0.5, 0.6) is 0 Å². The van der Waals surface area contributed by atoms with Crippen molar-refractivity contribution in [3.05, 3.63) is 23.2 Å². The van der Waals surface area contributed by atoms with Gasteiger partial charge in [-0.2, -0.15) is 4.31 Å². The molecule has 1 aliphatic rings. The van der Waals surface area contributed by atoms with Gasteiger partial charge in [0.25, 0.3) is 0 Å². The molecule has 1 saturated heterocycles. The summed E-state index contributed by atoms with van der Waals surface area (Å²) in [6, 6.07) is 4.98. The predicted octanol–water partition coefficient (Wildman–Crippen LogP) is 1.64. The number of nitrogens with zero attached hydrogens (tertiary/aromatic N) is 2. The molecule has 1 aliphatic heterocycles. The number of hydrogen-bond acceptors (Lipinski definition) is 4. The van der Waals surface area contributed by atoms with Crippen LogP contribution in [0.25, 0.3) is 0 Å². The van der Waals surface area contributed by atoms with E-state index in [4.69, 9.17) is 17.3 Å². The zero-order valence-corrected chi connectivity index (χ0v) is 13.3. The summed E-state index contributed by atoms with van der Waals surface area (Å²) in [5, 5.41) is 0.217. The molecule has 1 fully saturated rings. The summed E-state index contributed by atoms with van der Waals surface area (Å²) in [6.45, 7) is 1.02. The van der Waals surface area contributed by atoms with Crippen molar-refractivity contribution in [2.75, 3.05) is 32.9 Å². The molecule has 0 aliphatic carbocycles. The van der Waals surface area contributed by atoms with Gasteiger partial charge >= 0.3 is 0 Å². The van der Waals surface area contributed by atoms with E-state index in [1.807, 2.05) is 14.1 Å². The standard InChI is InChI=1S/C13H20ClN3O2S/c1-16(2)11-5-7-17(8-6-11)20(18,19)13-9-10(15)3-4-12(13)14/h3-4,9,11H,5-8,15H2,1-2H3. The largest absolute Gasteiger partial charge is 0.399 e. The van der Waals surface area contributed by atoms with Gasteiger partial charge in [0.2, 0.25) is 10.0 Å². The van der Waals surface area contributed by atoms with Gasteiger partial charge in [-0.25, -0.2) is 8.42 Å². The number of benzene rings is 1. The van der Waals surface area contributed by atoms with Crippen LogP contribution < -0.4 is 5.73 Å². The maximum atomic E-state index is 12.6. The van der Waals surface area contributed by atoms with Crippen molar-refractivity contribution in [3.8, 4) is 0 Å². The minimum absolute atomic E-state index is 0.0995. The molecule has 20 heavy (non-hydrogen) atoms. The minimum Gasteiger partial charge on any atom is -0.399 e. The van der Waals surface area contributed by atoms with Crippen molar-refractivity contribution < 1.29 is 8.42 Å². The van der Waals surface area contributed by atoms with Gasteiger partial charge < -0.3 is 10.6 Å². The summed E-state index contributed by atoms with van der Waals surface area (Å²) < 4.78 is 26.7. The van der Waals surface area contributed by atoms with Crippen LogP contribution in [0.2, 0.25) is 5.02 Å². The van der Waals surface area contributed by atoms with E-state index in [1.165, 1.54) is 16.4 Å². The molecular weight excluding hydrogens is 298 g/mol. The maximum absolute atomic E-state index is 12.6. The molecule has 112 valence electrons. The third-order valence-electron chi connectivity index (χ3n) is 3.73. The van der Waals surface area contributed by atoms with Crippen molar-refractivity contribution in [2.45, 2.75) is 23.8 Å². The number of piperidine rings is 1. The molecule has 0 amide bonds. The highest BCUT2D eigenvalue weighted by molar-refractivity contribution is 7.89. The first-order valence-corrected chi connectivity index (χ1v) is 8.36. The monoisotopic (exact) mass is 317 g/mol. The van der Waals surface area contributed by atoms with E-state index in [1.54, 1.807) is 6.07 Å². The Hall–Kier alpha value is -0.820. The van der Waals surface area contributed by atoms with Crippen molar-refractivity contribution in [1.29, 1.82) is 0 Å². The highest BCUT2D eigenvalue weighted by atomic mass is 35.5. The number of hydrogen-bond donors (Lipinski definition) is 1. The van der Waals surface area contributed by atoms with Gasteiger partial charge in [0.1, 0.15) is 4.90 Å². The molecule has 0 radical (unpaired) electrons. The lowest BCUT2D eigenvalue weighted by Gasteiger charge is -2.34. The van der Waals surface area contributed by atoms with Gasteiger partial charge in [-0.15, -0.1) is 0 Å². The summed E-state index contributed by atoms with van der Waals surface area (Å²) in [4.78, 5) is 2.24. The smallest absolute Gasteiger partial charge is 0.244 e. The third kappa shape index (κ3) is 3.09. The van der Waals surface area contributed by atoms with Gasteiger partial charge in [0.05, 0.1) is 5.02 Å². The Balaban J connectivity index is 2.22. The lowest BCUT2D eigenvalue weighted by Crippen LogP contribution is -2.44. The molecule has 0 aromatic heterocycles. The molecule has 0 saturated carbocycles. The van der Waals surface area contributed by atoms with Crippen LogP contribution in [0.1, 0.15) is 12.8 Å². The average Bonchev–Trinajstić information content (AvgIpc) is 2.41. The van der Waals surface area contributed by atoms with Crippen LogP contribution in [0, 0.1) is 0 Å². The summed E-state index contributed by atoms with van der Waals surface area (Å²) in [5.41, 5.74) is 6.07. The normalized spacial score (nSPS) is 18.6. The first-order chi connectivity index (χ1) is 9.32. The molecule has 0 atom stereocenters. The Kier molecular flexibility index (Phi) is 4.59. The molecule has 7 heteroatoms.